The lowest BCUT2D eigenvalue weighted by molar-refractivity contribution is 0.0746. The minimum Gasteiger partial charge on any atom is -0.495 e. The normalized spacial score (nSPS) is 13.9. The largest absolute Gasteiger partial charge is 0.495 e. The third-order valence-electron chi connectivity index (χ3n) is 5.05. The van der Waals surface area contributed by atoms with E-state index in [0.29, 0.717) is 25.2 Å². The molecule has 2 aromatic rings. The van der Waals surface area contributed by atoms with Crippen LogP contribution in [0.4, 0.5) is 5.69 Å². The fourth-order valence-corrected chi connectivity index (χ4v) is 3.38. The first-order valence-electron chi connectivity index (χ1n) is 10.1. The zero-order valence-corrected chi connectivity index (χ0v) is 17.1. The Morgan fingerprint density at radius 1 is 1.14 bits per heavy atom. The van der Waals surface area contributed by atoms with Crippen molar-refractivity contribution in [3.05, 3.63) is 53.9 Å². The Hall–Kier alpha value is -3.09. The molecular formula is C22H28N4O3. The van der Waals surface area contributed by atoms with E-state index in [-0.39, 0.29) is 17.5 Å². The second-order valence-electron chi connectivity index (χ2n) is 6.99. The van der Waals surface area contributed by atoms with E-state index < -0.39 is 0 Å². The number of nitrogens with one attached hydrogen (secondary N) is 1. The van der Waals surface area contributed by atoms with Crippen molar-refractivity contribution in [1.82, 2.24) is 15.2 Å². The average molecular weight is 396 g/mol. The molecule has 0 unspecified atom stereocenters. The average Bonchev–Trinajstić information content (AvgIpc) is 2.79. The maximum Gasteiger partial charge on any atom is 0.269 e. The molecule has 0 atom stereocenters. The summed E-state index contributed by atoms with van der Waals surface area (Å²) in [6.07, 6.45) is 3.45. The molecule has 1 aromatic carbocycles. The van der Waals surface area contributed by atoms with E-state index in [9.17, 15) is 9.59 Å². The van der Waals surface area contributed by atoms with Gasteiger partial charge in [-0.25, -0.2) is 0 Å². The number of hydrogen-bond acceptors (Lipinski definition) is 5. The van der Waals surface area contributed by atoms with Crippen molar-refractivity contribution in [2.45, 2.75) is 19.8 Å². The second-order valence-corrected chi connectivity index (χ2v) is 6.99. The molecule has 7 heteroatoms. The number of nitrogens with zero attached hydrogens (tertiary/aromatic N) is 3. The van der Waals surface area contributed by atoms with Gasteiger partial charge in [-0.15, -0.1) is 0 Å². The molecule has 154 valence electrons. The van der Waals surface area contributed by atoms with Crippen molar-refractivity contribution < 1.29 is 14.3 Å². The standard InChI is InChI=1S/C22H28N4O3/c1-3-4-10-24-21(27)18-16-17(9-11-23-18)22(28)26-14-12-25(13-15-26)19-7-5-6-8-20(19)29-2/h5-9,11,16H,3-4,10,12-15H2,1-2H3,(H,24,27). The molecule has 2 amide bonds. The first kappa shape index (κ1) is 20.6. The van der Waals surface area contributed by atoms with Gasteiger partial charge in [0.2, 0.25) is 0 Å². The number of methoxy groups -OCH3 is 1. The number of carbonyl (C=O) groups excluding carboxylic acids is 2. The van der Waals surface area contributed by atoms with Crippen LogP contribution in [0.2, 0.25) is 0 Å². The Kier molecular flexibility index (Phi) is 7.05. The molecule has 1 aromatic heterocycles. The van der Waals surface area contributed by atoms with Gasteiger partial charge in [-0.3, -0.25) is 14.6 Å². The molecule has 3 rings (SSSR count). The Balaban J connectivity index is 1.62. The third-order valence-corrected chi connectivity index (χ3v) is 5.05. The zero-order valence-electron chi connectivity index (χ0n) is 17.1. The van der Waals surface area contributed by atoms with Crippen LogP contribution in [0.15, 0.2) is 42.6 Å². The number of pyridine rings is 1. The molecule has 0 spiro atoms. The van der Waals surface area contributed by atoms with Crippen molar-refractivity contribution in [2.75, 3.05) is 44.7 Å². The third kappa shape index (κ3) is 5.04. The Labute approximate surface area is 171 Å². The zero-order chi connectivity index (χ0) is 20.6. The van der Waals surface area contributed by atoms with Gasteiger partial charge in [-0.1, -0.05) is 25.5 Å². The molecule has 0 radical (unpaired) electrons. The molecule has 0 bridgehead atoms. The highest BCUT2D eigenvalue weighted by atomic mass is 16.5. The number of amides is 2. The lowest BCUT2D eigenvalue weighted by Crippen LogP contribution is -2.49. The number of benzene rings is 1. The van der Waals surface area contributed by atoms with Crippen molar-refractivity contribution in [2.24, 2.45) is 0 Å². The topological polar surface area (TPSA) is 74.8 Å². The van der Waals surface area contributed by atoms with Crippen LogP contribution < -0.4 is 15.0 Å². The van der Waals surface area contributed by atoms with Gasteiger partial charge in [-0.05, 0) is 30.7 Å². The SMILES string of the molecule is CCCCNC(=O)c1cc(C(=O)N2CCN(c3ccccc3OC)CC2)ccn1. The van der Waals surface area contributed by atoms with Crippen LogP contribution in [0, 0.1) is 0 Å². The Bertz CT molecular complexity index is 847. The minimum atomic E-state index is -0.242. The van der Waals surface area contributed by atoms with Gasteiger partial charge in [0.1, 0.15) is 11.4 Å². The molecule has 0 saturated carbocycles. The molecule has 0 aliphatic carbocycles. The summed E-state index contributed by atoms with van der Waals surface area (Å²) in [7, 11) is 1.66. The van der Waals surface area contributed by atoms with Crippen molar-refractivity contribution >= 4 is 17.5 Å². The number of carbonyl (C=O) groups is 2. The maximum atomic E-state index is 12.9. The van der Waals surface area contributed by atoms with Crippen LogP contribution in [0.25, 0.3) is 0 Å². The van der Waals surface area contributed by atoms with Crippen LogP contribution in [0.1, 0.15) is 40.6 Å². The molecule has 1 N–H and O–H groups in total. The maximum absolute atomic E-state index is 12.9. The number of para-hydroxylation sites is 2. The minimum absolute atomic E-state index is 0.0744. The number of hydrogen-bond donors (Lipinski definition) is 1. The van der Waals surface area contributed by atoms with Crippen molar-refractivity contribution in [1.29, 1.82) is 0 Å². The van der Waals surface area contributed by atoms with E-state index in [4.69, 9.17) is 4.74 Å². The molecule has 1 aliphatic rings. The van der Waals surface area contributed by atoms with Gasteiger partial charge < -0.3 is 19.9 Å². The molecule has 7 nitrogen and oxygen atoms in total. The molecular weight excluding hydrogens is 368 g/mol. The van der Waals surface area contributed by atoms with Gasteiger partial charge in [-0.2, -0.15) is 0 Å². The van der Waals surface area contributed by atoms with Crippen LogP contribution in [0.3, 0.4) is 0 Å². The number of ether oxygens (including phenoxy) is 1. The second kappa shape index (κ2) is 9.91. The highest BCUT2D eigenvalue weighted by molar-refractivity contribution is 5.98. The summed E-state index contributed by atoms with van der Waals surface area (Å²) in [5.74, 6) is 0.518. The molecule has 29 heavy (non-hydrogen) atoms. The van der Waals surface area contributed by atoms with Gasteiger partial charge >= 0.3 is 0 Å². The Morgan fingerprint density at radius 3 is 2.62 bits per heavy atom. The monoisotopic (exact) mass is 396 g/mol. The molecule has 1 aliphatic heterocycles. The summed E-state index contributed by atoms with van der Waals surface area (Å²) in [6, 6.07) is 11.1. The van der Waals surface area contributed by atoms with Gasteiger partial charge in [0, 0.05) is 44.5 Å². The fourth-order valence-electron chi connectivity index (χ4n) is 3.38. The van der Waals surface area contributed by atoms with E-state index in [0.717, 1.165) is 37.4 Å². The van der Waals surface area contributed by atoms with Gasteiger partial charge in [0.15, 0.2) is 0 Å². The number of unbranched alkanes of at least 4 members (excludes halogenated alkanes) is 1. The number of piperazine rings is 1. The van der Waals surface area contributed by atoms with Crippen LogP contribution in [-0.2, 0) is 0 Å². The summed E-state index contributed by atoms with van der Waals surface area (Å²) in [5.41, 5.74) is 1.81. The molecule has 1 saturated heterocycles. The summed E-state index contributed by atoms with van der Waals surface area (Å²) in [6.45, 7) is 5.34. The van der Waals surface area contributed by atoms with Crippen LogP contribution in [0.5, 0.6) is 5.75 Å². The quantitative estimate of drug-likeness (QED) is 0.728. The Morgan fingerprint density at radius 2 is 1.90 bits per heavy atom. The summed E-state index contributed by atoms with van der Waals surface area (Å²) in [5, 5.41) is 2.84. The van der Waals surface area contributed by atoms with Gasteiger partial charge in [0.25, 0.3) is 11.8 Å². The number of rotatable bonds is 7. The van der Waals surface area contributed by atoms with E-state index in [1.807, 2.05) is 29.2 Å². The van der Waals surface area contributed by atoms with Crippen molar-refractivity contribution in [3.63, 3.8) is 0 Å². The van der Waals surface area contributed by atoms with E-state index in [2.05, 4.69) is 22.1 Å². The predicted octanol–water partition coefficient (Wildman–Crippen LogP) is 2.58. The van der Waals surface area contributed by atoms with E-state index >= 15 is 0 Å². The van der Waals surface area contributed by atoms with Crippen molar-refractivity contribution in [3.8, 4) is 5.75 Å². The lowest BCUT2D eigenvalue weighted by Gasteiger charge is -2.36. The summed E-state index contributed by atoms with van der Waals surface area (Å²) in [4.78, 5) is 33.3. The van der Waals surface area contributed by atoms with E-state index in [1.165, 1.54) is 6.20 Å². The fraction of sp³-hybridized carbons (Fsp3) is 0.409. The number of anilines is 1. The van der Waals surface area contributed by atoms with E-state index in [1.54, 1.807) is 19.2 Å². The van der Waals surface area contributed by atoms with Crippen LogP contribution in [-0.4, -0.2) is 61.5 Å². The highest BCUT2D eigenvalue weighted by Crippen LogP contribution is 2.28. The first-order valence-corrected chi connectivity index (χ1v) is 10.1. The smallest absolute Gasteiger partial charge is 0.269 e. The predicted molar refractivity (Wildman–Crippen MR) is 113 cm³/mol. The molecule has 2 heterocycles. The number of aromatic nitrogens is 1. The van der Waals surface area contributed by atoms with Gasteiger partial charge in [0.05, 0.1) is 12.8 Å². The first-order chi connectivity index (χ1) is 14.1. The lowest BCUT2D eigenvalue weighted by atomic mass is 10.1. The van der Waals surface area contributed by atoms with Crippen LogP contribution >= 0.6 is 0 Å². The summed E-state index contributed by atoms with van der Waals surface area (Å²) < 4.78 is 5.45. The molecule has 1 fully saturated rings. The highest BCUT2D eigenvalue weighted by Gasteiger charge is 2.24. The summed E-state index contributed by atoms with van der Waals surface area (Å²) >= 11 is 0.